The second-order valence-electron chi connectivity index (χ2n) is 23.7. The van der Waals surface area contributed by atoms with E-state index in [0.717, 1.165) is 25.0 Å². The molecule has 0 radical (unpaired) electrons. The number of aryl methyl sites for hydroxylation is 1. The third kappa shape index (κ3) is 28.5. The Labute approximate surface area is 545 Å². The molecule has 10 amide bonds. The van der Waals surface area contributed by atoms with E-state index in [4.69, 9.17) is 31.1 Å². The number of aromatic hydroxyl groups is 1. The Morgan fingerprint density at radius 2 is 1.31 bits per heavy atom. The number of aromatic nitrogens is 3. The largest absolute Gasteiger partial charge is 0.508 e. The van der Waals surface area contributed by atoms with Crippen LogP contribution in [0.2, 0.25) is 0 Å². The van der Waals surface area contributed by atoms with Gasteiger partial charge in [-0.25, -0.2) is 4.79 Å². The first-order chi connectivity index (χ1) is 44.6. The van der Waals surface area contributed by atoms with E-state index in [-0.39, 0.29) is 113 Å². The van der Waals surface area contributed by atoms with Crippen LogP contribution in [0.4, 0.5) is 4.79 Å². The fourth-order valence-corrected chi connectivity index (χ4v) is 12.1. The van der Waals surface area contributed by atoms with Gasteiger partial charge < -0.3 is 94.4 Å². The number of guanidine groups is 1. The molecule has 3 aliphatic heterocycles. The van der Waals surface area contributed by atoms with E-state index in [1.165, 1.54) is 28.9 Å². The summed E-state index contributed by atoms with van der Waals surface area (Å²) in [6.45, 7) is 8.29. The summed E-state index contributed by atoms with van der Waals surface area (Å²) >= 11 is 1.87. The molecule has 32 nitrogen and oxygen atoms in total. The molecule has 3 aliphatic rings. The van der Waals surface area contributed by atoms with Crippen molar-refractivity contribution >= 4 is 77.0 Å². The van der Waals surface area contributed by atoms with E-state index in [1.807, 2.05) is 11.8 Å². The lowest BCUT2D eigenvalue weighted by Gasteiger charge is -2.28. The molecule has 0 saturated carbocycles. The Hall–Kier alpha value is -7.88. The predicted molar refractivity (Wildman–Crippen MR) is 342 cm³/mol. The summed E-state index contributed by atoms with van der Waals surface area (Å²) in [4.78, 5) is 135. The Morgan fingerprint density at radius 3 is 1.99 bits per heavy atom. The van der Waals surface area contributed by atoms with E-state index in [1.54, 1.807) is 27.0 Å². The Kier molecular flexibility index (Phi) is 33.4. The minimum Gasteiger partial charge on any atom is -0.508 e. The summed E-state index contributed by atoms with van der Waals surface area (Å²) in [6, 6.07) is -3.55. The zero-order valence-electron chi connectivity index (χ0n) is 53.4. The Bertz CT molecular complexity index is 2760. The Balaban J connectivity index is 1.17. The molecule has 1 aromatic carbocycles. The fourth-order valence-electron chi connectivity index (χ4n) is 10.5. The summed E-state index contributed by atoms with van der Waals surface area (Å²) in [7, 11) is 0. The molecule has 5 rings (SSSR count). The van der Waals surface area contributed by atoms with Crippen LogP contribution in [-0.2, 0) is 76.7 Å². The summed E-state index contributed by atoms with van der Waals surface area (Å²) < 4.78 is 18.5. The van der Waals surface area contributed by atoms with Crippen LogP contribution in [0.25, 0.3) is 0 Å². The number of urea groups is 1. The normalized spacial score (nSPS) is 23.7. The molecular weight excluding hydrogens is 1230 g/mol. The highest BCUT2D eigenvalue weighted by atomic mass is 32.2. The molecule has 2 aromatic rings. The number of nitrogens with one attached hydrogen (secondary N) is 12. The van der Waals surface area contributed by atoms with Crippen LogP contribution in [0.1, 0.15) is 122 Å². The summed E-state index contributed by atoms with van der Waals surface area (Å²) in [5.41, 5.74) is 12.7. The number of ether oxygens (including phenoxy) is 3. The number of phenols is 1. The lowest BCUT2D eigenvalue weighted by atomic mass is 10.0. The number of carboxylic acid groups (broad SMARTS) is 1. The number of hydrogen-bond donors (Lipinski definition) is 16. The summed E-state index contributed by atoms with van der Waals surface area (Å²) in [5, 5.41) is 66.3. The van der Waals surface area contributed by atoms with Gasteiger partial charge in [-0.3, -0.25) is 53.2 Å². The summed E-state index contributed by atoms with van der Waals surface area (Å²) in [5.74, 6) is -6.90. The van der Waals surface area contributed by atoms with Gasteiger partial charge in [-0.1, -0.05) is 44.5 Å². The molecular formula is C60H97N17O15S. The topological polar surface area (TPSA) is 478 Å². The first kappa shape index (κ1) is 75.8. The number of carbonyl (C=O) groups excluding carboxylic acids is 9. The van der Waals surface area contributed by atoms with Gasteiger partial charge in [0.25, 0.3) is 0 Å². The number of nitrogens with zero attached hydrogens (tertiary/aromatic N) is 3. The monoisotopic (exact) mass is 1330 g/mol. The number of benzene rings is 1. The van der Waals surface area contributed by atoms with Crippen molar-refractivity contribution in [1.82, 2.24) is 73.5 Å². The molecule has 1 aromatic heterocycles. The van der Waals surface area contributed by atoms with Crippen molar-refractivity contribution in [2.75, 3.05) is 65.0 Å². The molecule has 0 aliphatic carbocycles. The quantitative estimate of drug-likeness (QED) is 0.0171. The van der Waals surface area contributed by atoms with Crippen molar-refractivity contribution in [3.63, 3.8) is 0 Å². The molecule has 33 heteroatoms. The van der Waals surface area contributed by atoms with E-state index in [0.29, 0.717) is 88.1 Å². The van der Waals surface area contributed by atoms with Gasteiger partial charge in [0.2, 0.25) is 47.3 Å². The number of unbranched alkanes of at least 4 members (excludes halogenated alkanes) is 1. The van der Waals surface area contributed by atoms with Crippen LogP contribution in [0, 0.1) is 11.3 Å². The summed E-state index contributed by atoms with van der Waals surface area (Å²) in [6.07, 6.45) is 5.66. The maximum Gasteiger partial charge on any atom is 0.315 e. The predicted octanol–water partition coefficient (Wildman–Crippen LogP) is -1.83. The molecule has 0 unspecified atom stereocenters. The number of rotatable bonds is 31. The molecule has 2 bridgehead atoms. The van der Waals surface area contributed by atoms with E-state index in [2.05, 4.69) is 68.8 Å². The second kappa shape index (κ2) is 41.0. The van der Waals surface area contributed by atoms with Gasteiger partial charge in [0.15, 0.2) is 5.96 Å². The number of phenolic OH excluding ortho intramolecular Hbond substituents is 1. The second-order valence-corrected chi connectivity index (χ2v) is 25.0. The van der Waals surface area contributed by atoms with Crippen molar-refractivity contribution in [1.29, 1.82) is 5.41 Å². The maximum atomic E-state index is 14.3. The average molecular weight is 1330 g/mol. The van der Waals surface area contributed by atoms with Crippen LogP contribution < -0.4 is 70.0 Å². The number of hydrogen-bond acceptors (Lipinski definition) is 19. The first-order valence-corrected chi connectivity index (χ1v) is 33.1. The standard InChI is InChI=1S/C60H97N17O15S/c1-4-41-54(84)69-43(13-9-20-66-59(62)63)55(85)68-42(53(83)65-22-11-25-91-27-29-92-28-26-90-24-10-21-64-49(79)15-6-5-14-48-51-47(35-93-48)73-60(89)74-51)12-7-8-23-77-34-38(75-76-77)32-40(61)52(82)70-45(31-37-16-18-39(78)19-17-37)57(87)72-46(33-50(80)81)58(88)71-44(30-36(2)3)56(86)67-41/h16-19,34,36,40-48,51,78H,4-15,20-33,35,61H2,1-3H3,(H,64,79)(H,65,83)(H,67,86)(H,68,85)(H,69,84)(H,70,82)(H,71,88)(H,72,87)(H,80,81)(H4,62,63,66)(H2,73,74,89)/t40-,41-,42-,43-,44-,45-,46-,47+,48+,51+/m0/s1. The lowest BCUT2D eigenvalue weighted by molar-refractivity contribution is -0.141. The molecule has 18 N–H and O–H groups in total. The third-order valence-electron chi connectivity index (χ3n) is 15.5. The molecule has 518 valence electrons. The maximum absolute atomic E-state index is 14.3. The molecule has 10 atom stereocenters. The highest BCUT2D eigenvalue weighted by Gasteiger charge is 2.43. The number of carboxylic acids is 1. The van der Waals surface area contributed by atoms with Crippen LogP contribution >= 0.6 is 11.8 Å². The number of carbonyl (C=O) groups is 10. The number of nitrogens with two attached hydrogens (primary N) is 2. The molecule has 4 heterocycles. The van der Waals surface area contributed by atoms with E-state index < -0.39 is 96.0 Å². The van der Waals surface area contributed by atoms with Crippen LogP contribution in [-0.4, -0.2) is 215 Å². The number of thioether (sulfide) groups is 1. The van der Waals surface area contributed by atoms with Crippen molar-refractivity contribution in [2.45, 2.75) is 190 Å². The van der Waals surface area contributed by atoms with Gasteiger partial charge in [-0.2, -0.15) is 11.8 Å². The average Bonchev–Trinajstić information content (AvgIpc) is 1.71. The number of amides is 10. The minimum absolute atomic E-state index is 0.00324. The van der Waals surface area contributed by atoms with Crippen LogP contribution in [0.15, 0.2) is 30.5 Å². The minimum atomic E-state index is -1.79. The smallest absolute Gasteiger partial charge is 0.315 e. The van der Waals surface area contributed by atoms with Crippen LogP contribution in [0.5, 0.6) is 5.75 Å². The van der Waals surface area contributed by atoms with Crippen LogP contribution in [0.3, 0.4) is 0 Å². The highest BCUT2D eigenvalue weighted by Crippen LogP contribution is 2.33. The zero-order chi connectivity index (χ0) is 67.7. The lowest BCUT2D eigenvalue weighted by Crippen LogP contribution is -2.60. The highest BCUT2D eigenvalue weighted by molar-refractivity contribution is 8.00. The van der Waals surface area contributed by atoms with E-state index >= 15 is 0 Å². The van der Waals surface area contributed by atoms with Gasteiger partial charge in [0.05, 0.1) is 56.7 Å². The SMILES string of the molecule is CC[C@@H]1NC(=O)[C@H](CC(C)C)NC(=O)[C@H](CC(=O)O)NC(=O)[C@H](Cc2ccc(O)cc2)NC(=O)[C@@H](N)Cc2cn(nn2)CCCC[C@@H](C(=O)NCCCOCCOCCOCCCNC(=O)CCCC[C@H]2SC[C@H]3NC(=O)N[C@H]32)NC(=O)[C@H](CCCNC(=N)N)NC1=O. The van der Waals surface area contributed by atoms with E-state index in [9.17, 15) is 58.2 Å². The van der Waals surface area contributed by atoms with Gasteiger partial charge >= 0.3 is 12.0 Å². The molecule has 0 spiro atoms. The van der Waals surface area contributed by atoms with Gasteiger partial charge in [0.1, 0.15) is 42.0 Å². The number of fused-ring (bicyclic) bond motifs is 3. The van der Waals surface area contributed by atoms with Gasteiger partial charge in [-0.15, -0.1) is 5.10 Å². The zero-order valence-corrected chi connectivity index (χ0v) is 54.3. The van der Waals surface area contributed by atoms with Crippen molar-refractivity contribution in [2.24, 2.45) is 17.4 Å². The molecule has 93 heavy (non-hydrogen) atoms. The van der Waals surface area contributed by atoms with Gasteiger partial charge in [-0.05, 0) is 94.2 Å². The number of aliphatic carboxylic acids is 1. The fraction of sp³-hybridized carbons (Fsp3) is 0.683. The van der Waals surface area contributed by atoms with Gasteiger partial charge in [0, 0.05) is 75.9 Å². The van der Waals surface area contributed by atoms with Crippen molar-refractivity contribution in [3.05, 3.63) is 41.7 Å². The molecule has 2 saturated heterocycles. The van der Waals surface area contributed by atoms with Crippen molar-refractivity contribution in [3.8, 4) is 5.75 Å². The van der Waals surface area contributed by atoms with Crippen molar-refractivity contribution < 1.29 is 72.4 Å². The Morgan fingerprint density at radius 1 is 0.710 bits per heavy atom. The third-order valence-corrected chi connectivity index (χ3v) is 17.0. The molecule has 2 fully saturated rings. The first-order valence-electron chi connectivity index (χ1n) is 32.1.